The Morgan fingerprint density at radius 2 is 1.65 bits per heavy atom. The summed E-state index contributed by atoms with van der Waals surface area (Å²) >= 11 is 5.44. The van der Waals surface area contributed by atoms with Gasteiger partial charge in [-0.05, 0) is 41.3 Å². The van der Waals surface area contributed by atoms with Gasteiger partial charge in [-0.15, -0.1) is 0 Å². The average molecular weight is 379 g/mol. The summed E-state index contributed by atoms with van der Waals surface area (Å²) in [7, 11) is 5.56. The first-order valence-corrected chi connectivity index (χ1v) is 9.30. The lowest BCUT2D eigenvalue weighted by Crippen LogP contribution is -2.45. The maximum absolute atomic E-state index is 12.2. The van der Waals surface area contributed by atoms with E-state index in [1.54, 1.807) is 20.9 Å². The van der Waals surface area contributed by atoms with E-state index >= 15 is 0 Å². The molecule has 6 heteroatoms. The van der Waals surface area contributed by atoms with Gasteiger partial charge in [-0.1, -0.05) is 38.2 Å². The minimum atomic E-state index is -0.965. The second kappa shape index (κ2) is 10.3. The van der Waals surface area contributed by atoms with Crippen molar-refractivity contribution in [2.45, 2.75) is 45.6 Å². The highest BCUT2D eigenvalue weighted by molar-refractivity contribution is 7.80. The number of benzene rings is 1. The van der Waals surface area contributed by atoms with Gasteiger partial charge in [-0.25, -0.2) is 4.79 Å². The minimum absolute atomic E-state index is 0.132. The van der Waals surface area contributed by atoms with Crippen LogP contribution in [0, 0.1) is 5.92 Å². The lowest BCUT2D eigenvalue weighted by molar-refractivity contribution is -0.151. The maximum Gasteiger partial charge on any atom is 0.326 e. The number of anilines is 1. The highest BCUT2D eigenvalue weighted by Crippen LogP contribution is 2.15. The van der Waals surface area contributed by atoms with Crippen LogP contribution in [0.5, 0.6) is 0 Å². The SMILES string of the molecule is CC(C)[C@@H](C(=O)O)N(C)C(=O)CCCC(=S)Cc1ccc(N(C)C)cc1. The fraction of sp³-hybridized carbons (Fsp3) is 0.550. The zero-order chi connectivity index (χ0) is 19.9. The van der Waals surface area contributed by atoms with E-state index in [2.05, 4.69) is 24.3 Å². The molecule has 0 aliphatic rings. The first kappa shape index (κ1) is 22.1. The quantitative estimate of drug-likeness (QED) is 0.632. The number of carboxylic acid groups (broad SMARTS) is 1. The Bertz CT molecular complexity index is 626. The van der Waals surface area contributed by atoms with Gasteiger partial charge in [0.2, 0.25) is 5.91 Å². The van der Waals surface area contributed by atoms with E-state index in [0.717, 1.165) is 22.5 Å². The van der Waals surface area contributed by atoms with Crippen LogP contribution in [0.1, 0.15) is 38.7 Å². The molecule has 0 unspecified atom stereocenters. The molecule has 1 aromatic rings. The van der Waals surface area contributed by atoms with Gasteiger partial charge in [0.1, 0.15) is 6.04 Å². The lowest BCUT2D eigenvalue weighted by Gasteiger charge is -2.27. The molecule has 1 amide bonds. The second-order valence-electron chi connectivity index (χ2n) is 7.16. The third-order valence-corrected chi connectivity index (χ3v) is 4.74. The van der Waals surface area contributed by atoms with E-state index in [1.807, 2.05) is 19.0 Å². The molecule has 144 valence electrons. The molecule has 5 nitrogen and oxygen atoms in total. The van der Waals surface area contributed by atoms with Crippen molar-refractivity contribution in [3.8, 4) is 0 Å². The summed E-state index contributed by atoms with van der Waals surface area (Å²) in [5.74, 6) is -1.25. The average Bonchev–Trinajstić information content (AvgIpc) is 2.54. The summed E-state index contributed by atoms with van der Waals surface area (Å²) in [6.07, 6.45) is 2.36. The lowest BCUT2D eigenvalue weighted by atomic mass is 10.0. The molecule has 0 aliphatic carbocycles. The molecule has 0 saturated carbocycles. The minimum Gasteiger partial charge on any atom is -0.480 e. The van der Waals surface area contributed by atoms with Crippen molar-refractivity contribution in [3.05, 3.63) is 29.8 Å². The van der Waals surface area contributed by atoms with E-state index in [-0.39, 0.29) is 11.8 Å². The number of amides is 1. The summed E-state index contributed by atoms with van der Waals surface area (Å²) in [6.45, 7) is 3.61. The number of rotatable bonds is 10. The van der Waals surface area contributed by atoms with Gasteiger partial charge < -0.3 is 14.9 Å². The molecule has 1 N–H and O–H groups in total. The highest BCUT2D eigenvalue weighted by atomic mass is 32.1. The van der Waals surface area contributed by atoms with Crippen molar-refractivity contribution < 1.29 is 14.7 Å². The van der Waals surface area contributed by atoms with Gasteiger partial charge in [-0.3, -0.25) is 4.79 Å². The van der Waals surface area contributed by atoms with Gasteiger partial charge in [0.25, 0.3) is 0 Å². The zero-order valence-electron chi connectivity index (χ0n) is 16.4. The number of likely N-dealkylation sites (N-methyl/N-ethyl adjacent to an activating group) is 1. The Morgan fingerprint density at radius 1 is 1.08 bits per heavy atom. The van der Waals surface area contributed by atoms with Crippen molar-refractivity contribution in [1.29, 1.82) is 0 Å². The van der Waals surface area contributed by atoms with Crippen molar-refractivity contribution in [3.63, 3.8) is 0 Å². The number of carbonyl (C=O) groups excluding carboxylic acids is 1. The van der Waals surface area contributed by atoms with Crippen LogP contribution in [-0.2, 0) is 16.0 Å². The molecule has 1 rings (SSSR count). The van der Waals surface area contributed by atoms with Gasteiger partial charge in [0, 0.05) is 39.7 Å². The molecule has 0 spiro atoms. The van der Waals surface area contributed by atoms with Crippen molar-refractivity contribution in [1.82, 2.24) is 4.90 Å². The molecule has 0 bridgehead atoms. The van der Waals surface area contributed by atoms with Gasteiger partial charge >= 0.3 is 5.97 Å². The molecule has 1 atom stereocenters. The summed E-state index contributed by atoms with van der Waals surface area (Å²) in [5, 5.41) is 9.28. The van der Waals surface area contributed by atoms with Gasteiger partial charge in [0.05, 0.1) is 0 Å². The third-order valence-electron chi connectivity index (χ3n) is 4.40. The number of hydrogen-bond donors (Lipinski definition) is 1. The Labute approximate surface area is 162 Å². The number of thiocarbonyl (C=S) groups is 1. The van der Waals surface area contributed by atoms with Crippen LogP contribution >= 0.6 is 12.2 Å². The van der Waals surface area contributed by atoms with Gasteiger partial charge in [0.15, 0.2) is 0 Å². The maximum atomic E-state index is 12.2. The Balaban J connectivity index is 2.45. The van der Waals surface area contributed by atoms with Crippen LogP contribution in [0.4, 0.5) is 5.69 Å². The second-order valence-corrected chi connectivity index (χ2v) is 7.74. The van der Waals surface area contributed by atoms with E-state index in [4.69, 9.17) is 12.2 Å². The van der Waals surface area contributed by atoms with Crippen LogP contribution < -0.4 is 4.90 Å². The van der Waals surface area contributed by atoms with Crippen LogP contribution in [0.2, 0.25) is 0 Å². The summed E-state index contributed by atoms with van der Waals surface area (Å²) < 4.78 is 0. The van der Waals surface area contributed by atoms with Crippen molar-refractivity contribution in [2.24, 2.45) is 5.92 Å². The molecule has 0 fully saturated rings. The molecule has 0 radical (unpaired) electrons. The Kier molecular flexibility index (Phi) is 8.72. The van der Waals surface area contributed by atoms with E-state index in [0.29, 0.717) is 19.3 Å². The first-order chi connectivity index (χ1) is 12.1. The van der Waals surface area contributed by atoms with Crippen LogP contribution in [-0.4, -0.2) is 53.9 Å². The predicted molar refractivity (Wildman–Crippen MR) is 110 cm³/mol. The number of nitrogens with zero attached hydrogens (tertiary/aromatic N) is 2. The Morgan fingerprint density at radius 3 is 2.12 bits per heavy atom. The molecule has 0 aliphatic heterocycles. The monoisotopic (exact) mass is 378 g/mol. The largest absolute Gasteiger partial charge is 0.480 e. The molecule has 26 heavy (non-hydrogen) atoms. The predicted octanol–water partition coefficient (Wildman–Crippen LogP) is 3.40. The van der Waals surface area contributed by atoms with E-state index < -0.39 is 12.0 Å². The summed E-state index contributed by atoms with van der Waals surface area (Å²) in [6, 6.07) is 7.48. The molecule has 0 heterocycles. The van der Waals surface area contributed by atoms with Crippen LogP contribution in [0.15, 0.2) is 24.3 Å². The van der Waals surface area contributed by atoms with E-state index in [1.165, 1.54) is 4.90 Å². The van der Waals surface area contributed by atoms with Crippen molar-refractivity contribution >= 4 is 34.6 Å². The third kappa shape index (κ3) is 6.75. The summed E-state index contributed by atoms with van der Waals surface area (Å²) in [4.78, 5) is 27.9. The Hall–Kier alpha value is -1.95. The first-order valence-electron chi connectivity index (χ1n) is 8.90. The fourth-order valence-electron chi connectivity index (χ4n) is 2.89. The van der Waals surface area contributed by atoms with Crippen LogP contribution in [0.25, 0.3) is 0 Å². The van der Waals surface area contributed by atoms with Crippen LogP contribution in [0.3, 0.4) is 0 Å². The number of carboxylic acids is 1. The number of aliphatic carboxylic acids is 1. The topological polar surface area (TPSA) is 60.9 Å². The van der Waals surface area contributed by atoms with Gasteiger partial charge in [-0.2, -0.15) is 0 Å². The molecule has 0 saturated heterocycles. The number of carbonyl (C=O) groups is 2. The molecular formula is C20H30N2O3S. The molecule has 1 aromatic carbocycles. The number of hydrogen-bond acceptors (Lipinski definition) is 4. The molecule has 0 aromatic heterocycles. The smallest absolute Gasteiger partial charge is 0.326 e. The van der Waals surface area contributed by atoms with Crippen molar-refractivity contribution in [2.75, 3.05) is 26.0 Å². The standard InChI is InChI=1S/C20H30N2O3S/c1-14(2)19(20(24)25)22(5)18(23)8-6-7-17(26)13-15-9-11-16(12-10-15)21(3)4/h9-12,14,19H,6-8,13H2,1-5H3,(H,24,25)/t19-/m0/s1. The molecular weight excluding hydrogens is 348 g/mol. The normalized spacial score (nSPS) is 11.9. The fourth-order valence-corrected chi connectivity index (χ4v) is 3.21. The van der Waals surface area contributed by atoms with E-state index in [9.17, 15) is 14.7 Å². The summed E-state index contributed by atoms with van der Waals surface area (Å²) in [5.41, 5.74) is 2.31. The highest BCUT2D eigenvalue weighted by Gasteiger charge is 2.28. The zero-order valence-corrected chi connectivity index (χ0v) is 17.2.